The molecule has 0 aliphatic carbocycles. The van der Waals surface area contributed by atoms with Crippen molar-refractivity contribution in [2.45, 2.75) is 6.92 Å². The molecule has 0 radical (unpaired) electrons. The molecule has 2 rings (SSSR count). The van der Waals surface area contributed by atoms with Crippen LogP contribution in [0, 0.1) is 6.92 Å². The molecule has 0 fully saturated rings. The molecule has 3 N–H and O–H groups in total. The number of nitrogen functional groups attached to an aromatic ring is 1. The predicted molar refractivity (Wildman–Crippen MR) is 65.6 cm³/mol. The van der Waals surface area contributed by atoms with Gasteiger partial charge in [-0.05, 0) is 24.6 Å². The maximum Gasteiger partial charge on any atom is 0.275 e. The van der Waals surface area contributed by atoms with E-state index in [0.29, 0.717) is 11.4 Å². The van der Waals surface area contributed by atoms with Crippen molar-refractivity contribution in [3.8, 4) is 0 Å². The Morgan fingerprint density at radius 2 is 2.18 bits per heavy atom. The van der Waals surface area contributed by atoms with Gasteiger partial charge in [-0.3, -0.25) is 9.78 Å². The van der Waals surface area contributed by atoms with E-state index in [9.17, 15) is 4.79 Å². The van der Waals surface area contributed by atoms with Gasteiger partial charge in [0, 0.05) is 23.8 Å². The maximum atomic E-state index is 11.8. The number of nitrogens with two attached hydrogens (primary N) is 1. The first kappa shape index (κ1) is 11.1. The second-order valence-corrected chi connectivity index (χ2v) is 3.56. The van der Waals surface area contributed by atoms with E-state index in [1.807, 2.05) is 6.92 Å². The van der Waals surface area contributed by atoms with Gasteiger partial charge >= 0.3 is 0 Å². The van der Waals surface area contributed by atoms with Gasteiger partial charge in [-0.25, -0.2) is 4.98 Å². The minimum Gasteiger partial charge on any atom is -0.398 e. The fourth-order valence-corrected chi connectivity index (χ4v) is 1.39. The number of rotatable bonds is 2. The van der Waals surface area contributed by atoms with Crippen LogP contribution in [-0.2, 0) is 0 Å². The Balaban J connectivity index is 2.22. The van der Waals surface area contributed by atoms with Crippen LogP contribution in [0.2, 0.25) is 0 Å². The number of carbonyl (C=O) groups is 1. The second-order valence-electron chi connectivity index (χ2n) is 3.56. The molecule has 1 aromatic heterocycles. The first-order valence-electron chi connectivity index (χ1n) is 5.11. The summed E-state index contributed by atoms with van der Waals surface area (Å²) in [6.07, 6.45) is 4.40. The molecule has 1 heterocycles. The monoisotopic (exact) mass is 228 g/mol. The van der Waals surface area contributed by atoms with Crippen LogP contribution in [-0.4, -0.2) is 15.9 Å². The largest absolute Gasteiger partial charge is 0.398 e. The lowest BCUT2D eigenvalue weighted by atomic mass is 10.1. The summed E-state index contributed by atoms with van der Waals surface area (Å²) >= 11 is 0. The lowest BCUT2D eigenvalue weighted by Gasteiger charge is -2.09. The summed E-state index contributed by atoms with van der Waals surface area (Å²) in [6, 6.07) is 5.36. The van der Waals surface area contributed by atoms with Crippen LogP contribution in [0.4, 0.5) is 11.4 Å². The van der Waals surface area contributed by atoms with Crippen molar-refractivity contribution in [2.75, 3.05) is 11.1 Å². The summed E-state index contributed by atoms with van der Waals surface area (Å²) < 4.78 is 0. The van der Waals surface area contributed by atoms with Crippen LogP contribution in [0.25, 0.3) is 0 Å². The Hall–Kier alpha value is -2.43. The Kier molecular flexibility index (Phi) is 3.00. The Morgan fingerprint density at radius 1 is 1.35 bits per heavy atom. The van der Waals surface area contributed by atoms with Crippen molar-refractivity contribution in [1.29, 1.82) is 0 Å². The van der Waals surface area contributed by atoms with Crippen LogP contribution in [0.1, 0.15) is 16.1 Å². The number of nitrogens with one attached hydrogen (secondary N) is 1. The highest BCUT2D eigenvalue weighted by Gasteiger charge is 2.09. The molecule has 2 aromatic rings. The third-order valence-electron chi connectivity index (χ3n) is 2.42. The predicted octanol–water partition coefficient (Wildman–Crippen LogP) is 1.62. The highest BCUT2D eigenvalue weighted by Crippen LogP contribution is 2.20. The first-order chi connectivity index (χ1) is 8.18. The van der Waals surface area contributed by atoms with Crippen LogP contribution < -0.4 is 11.1 Å². The summed E-state index contributed by atoms with van der Waals surface area (Å²) in [5.74, 6) is -0.299. The highest BCUT2D eigenvalue weighted by molar-refractivity contribution is 6.03. The fourth-order valence-electron chi connectivity index (χ4n) is 1.39. The summed E-state index contributed by atoms with van der Waals surface area (Å²) in [7, 11) is 0. The summed E-state index contributed by atoms with van der Waals surface area (Å²) in [6.45, 7) is 1.85. The van der Waals surface area contributed by atoms with E-state index in [4.69, 9.17) is 5.73 Å². The van der Waals surface area contributed by atoms with Gasteiger partial charge in [-0.15, -0.1) is 0 Å². The average molecular weight is 228 g/mol. The number of carbonyl (C=O) groups excluding carboxylic acids is 1. The molecule has 0 aliphatic rings. The number of amides is 1. The van der Waals surface area contributed by atoms with Crippen LogP contribution in [0.3, 0.4) is 0 Å². The Bertz CT molecular complexity index is 539. The number of aromatic nitrogens is 2. The molecule has 5 nitrogen and oxygen atoms in total. The Labute approximate surface area is 98.7 Å². The zero-order chi connectivity index (χ0) is 12.3. The molecule has 0 saturated heterocycles. The minimum atomic E-state index is -0.299. The third-order valence-corrected chi connectivity index (χ3v) is 2.42. The van der Waals surface area contributed by atoms with Gasteiger partial charge in [0.15, 0.2) is 0 Å². The van der Waals surface area contributed by atoms with Gasteiger partial charge in [0.05, 0.1) is 6.20 Å². The number of benzene rings is 1. The molecular formula is C12H12N4O. The van der Waals surface area contributed by atoms with E-state index in [0.717, 1.165) is 5.56 Å². The maximum absolute atomic E-state index is 11.8. The molecule has 1 aromatic carbocycles. The lowest BCUT2D eigenvalue weighted by molar-refractivity contribution is 0.102. The molecule has 0 atom stereocenters. The number of nitrogens with zero attached hydrogens (tertiary/aromatic N) is 2. The van der Waals surface area contributed by atoms with E-state index in [1.54, 1.807) is 18.2 Å². The Morgan fingerprint density at radius 3 is 2.88 bits per heavy atom. The summed E-state index contributed by atoms with van der Waals surface area (Å²) in [5.41, 5.74) is 8.19. The molecule has 17 heavy (non-hydrogen) atoms. The SMILES string of the molecule is Cc1c(N)cccc1NC(=O)c1cnccn1. The standard InChI is InChI=1S/C12H12N4O/c1-8-9(13)3-2-4-10(8)16-12(17)11-7-14-5-6-15-11/h2-7H,13H2,1H3,(H,16,17). The van der Waals surface area contributed by atoms with E-state index >= 15 is 0 Å². The quantitative estimate of drug-likeness (QED) is 0.765. The van der Waals surface area contributed by atoms with Crippen LogP contribution in [0.5, 0.6) is 0 Å². The van der Waals surface area contributed by atoms with Crippen molar-refractivity contribution in [2.24, 2.45) is 0 Å². The van der Waals surface area contributed by atoms with Crippen molar-refractivity contribution in [3.63, 3.8) is 0 Å². The molecule has 0 spiro atoms. The summed E-state index contributed by atoms with van der Waals surface area (Å²) in [5, 5.41) is 2.75. The first-order valence-corrected chi connectivity index (χ1v) is 5.11. The average Bonchev–Trinajstić information content (AvgIpc) is 2.36. The van der Waals surface area contributed by atoms with E-state index in [-0.39, 0.29) is 11.6 Å². The van der Waals surface area contributed by atoms with Gasteiger partial charge in [0.1, 0.15) is 5.69 Å². The smallest absolute Gasteiger partial charge is 0.275 e. The van der Waals surface area contributed by atoms with Crippen molar-refractivity contribution < 1.29 is 4.79 Å². The van der Waals surface area contributed by atoms with E-state index in [1.165, 1.54) is 18.6 Å². The topological polar surface area (TPSA) is 80.9 Å². The number of hydrogen-bond donors (Lipinski definition) is 2. The zero-order valence-corrected chi connectivity index (χ0v) is 9.34. The zero-order valence-electron chi connectivity index (χ0n) is 9.34. The van der Waals surface area contributed by atoms with Gasteiger partial charge in [0.25, 0.3) is 5.91 Å². The number of anilines is 2. The molecule has 0 saturated carbocycles. The molecule has 0 unspecified atom stereocenters. The molecule has 1 amide bonds. The molecule has 0 aliphatic heterocycles. The molecule has 86 valence electrons. The van der Waals surface area contributed by atoms with Crippen LogP contribution in [0.15, 0.2) is 36.8 Å². The van der Waals surface area contributed by atoms with Gasteiger partial charge in [0.2, 0.25) is 0 Å². The van der Waals surface area contributed by atoms with Gasteiger partial charge in [-0.1, -0.05) is 6.07 Å². The second kappa shape index (κ2) is 4.61. The van der Waals surface area contributed by atoms with E-state index in [2.05, 4.69) is 15.3 Å². The van der Waals surface area contributed by atoms with Crippen LogP contribution >= 0.6 is 0 Å². The molecule has 5 heteroatoms. The molecule has 0 bridgehead atoms. The third kappa shape index (κ3) is 2.39. The number of hydrogen-bond acceptors (Lipinski definition) is 4. The van der Waals surface area contributed by atoms with Crippen molar-refractivity contribution in [3.05, 3.63) is 48.0 Å². The highest BCUT2D eigenvalue weighted by atomic mass is 16.1. The fraction of sp³-hybridized carbons (Fsp3) is 0.0833. The normalized spacial score (nSPS) is 9.94. The van der Waals surface area contributed by atoms with Gasteiger partial charge < -0.3 is 11.1 Å². The van der Waals surface area contributed by atoms with Gasteiger partial charge in [-0.2, -0.15) is 0 Å². The molecular weight excluding hydrogens is 216 g/mol. The van der Waals surface area contributed by atoms with Crippen molar-refractivity contribution in [1.82, 2.24) is 9.97 Å². The summed E-state index contributed by atoms with van der Waals surface area (Å²) in [4.78, 5) is 19.6. The van der Waals surface area contributed by atoms with E-state index < -0.39 is 0 Å². The minimum absolute atomic E-state index is 0.273. The van der Waals surface area contributed by atoms with Crippen molar-refractivity contribution >= 4 is 17.3 Å². The lowest BCUT2D eigenvalue weighted by Crippen LogP contribution is -2.14.